The Bertz CT molecular complexity index is 1520. The van der Waals surface area contributed by atoms with Crippen LogP contribution in [-0.4, -0.2) is 72.6 Å². The molecule has 1 saturated heterocycles. The monoisotopic (exact) mass is 580 g/mol. The smallest absolute Gasteiger partial charge is 0.335 e. The normalized spacial score (nSPS) is 21.0. The molecule has 0 bridgehead atoms. The molecule has 2 fully saturated rings. The van der Waals surface area contributed by atoms with Gasteiger partial charge in [0.1, 0.15) is 5.75 Å². The summed E-state index contributed by atoms with van der Waals surface area (Å²) in [5.41, 5.74) is 4.94. The van der Waals surface area contributed by atoms with Crippen molar-refractivity contribution in [2.45, 2.75) is 57.4 Å². The molecule has 3 aliphatic rings. The molecular formula is C31H40N4O5S. The molecule has 41 heavy (non-hydrogen) atoms. The van der Waals surface area contributed by atoms with E-state index in [-0.39, 0.29) is 5.92 Å². The third kappa shape index (κ3) is 5.88. The van der Waals surface area contributed by atoms with Crippen LogP contribution in [0.4, 0.5) is 0 Å². The number of fused-ring (bicyclic) bond motifs is 5. The maximum atomic E-state index is 12.0. The first-order chi connectivity index (χ1) is 19.8. The lowest BCUT2D eigenvalue weighted by Crippen LogP contribution is -2.50. The summed E-state index contributed by atoms with van der Waals surface area (Å²) < 4.78 is 33.5. The van der Waals surface area contributed by atoms with E-state index < -0.39 is 16.2 Å². The molecule has 1 saturated carbocycles. The molecule has 0 amide bonds. The number of aromatic nitrogens is 1. The minimum atomic E-state index is -3.63. The van der Waals surface area contributed by atoms with Crippen LogP contribution < -0.4 is 9.88 Å². The maximum Gasteiger partial charge on any atom is 0.335 e. The molecule has 3 N–H and O–H groups in total. The highest BCUT2D eigenvalue weighted by Crippen LogP contribution is 2.47. The van der Waals surface area contributed by atoms with Crippen LogP contribution in [0.25, 0.3) is 22.2 Å². The predicted octanol–water partition coefficient (Wildman–Crippen LogP) is 4.66. The molecule has 2 aliphatic heterocycles. The Balaban J connectivity index is 1.31. The van der Waals surface area contributed by atoms with E-state index in [1.807, 2.05) is 18.2 Å². The molecule has 220 valence electrons. The number of nitrogens with zero attached hydrogens (tertiary/aromatic N) is 3. The minimum absolute atomic E-state index is 0.246. The van der Waals surface area contributed by atoms with Gasteiger partial charge in [0.25, 0.3) is 10.2 Å². The number of hydrogen-bond acceptors (Lipinski definition) is 5. The number of para-hydroxylation sites is 1. The molecule has 0 radical (unpaired) electrons. The van der Waals surface area contributed by atoms with Crippen molar-refractivity contribution in [1.82, 2.24) is 13.8 Å². The van der Waals surface area contributed by atoms with Gasteiger partial charge >= 0.3 is 5.97 Å². The summed E-state index contributed by atoms with van der Waals surface area (Å²) in [6, 6.07) is 13.9. The van der Waals surface area contributed by atoms with Crippen molar-refractivity contribution in [2.75, 3.05) is 39.3 Å². The van der Waals surface area contributed by atoms with Crippen LogP contribution in [0.5, 0.6) is 5.75 Å². The highest BCUT2D eigenvalue weighted by atomic mass is 32.2. The van der Waals surface area contributed by atoms with Crippen LogP contribution >= 0.6 is 0 Å². The predicted molar refractivity (Wildman–Crippen MR) is 159 cm³/mol. The topological polar surface area (TPSA) is 118 Å². The van der Waals surface area contributed by atoms with Crippen molar-refractivity contribution in [3.8, 4) is 17.0 Å². The average Bonchev–Trinajstić information content (AvgIpc) is 3.27. The number of benzene rings is 2. The molecule has 2 aromatic carbocycles. The molecule has 9 nitrogen and oxygen atoms in total. The molecule has 3 heterocycles. The van der Waals surface area contributed by atoms with E-state index in [0.717, 1.165) is 55.6 Å². The largest absolute Gasteiger partial charge is 0.493 e. The lowest BCUT2D eigenvalue weighted by molar-refractivity contribution is 0.0697. The van der Waals surface area contributed by atoms with Gasteiger partial charge in [0.05, 0.1) is 17.9 Å². The zero-order valence-corrected chi connectivity index (χ0v) is 24.3. The fourth-order valence-electron chi connectivity index (χ4n) is 7.09. The molecular weight excluding hydrogens is 540 g/mol. The Morgan fingerprint density at radius 1 is 1.02 bits per heavy atom. The number of nitrogens with two attached hydrogens (primary N) is 1. The van der Waals surface area contributed by atoms with E-state index in [1.165, 1.54) is 40.2 Å². The van der Waals surface area contributed by atoms with Crippen molar-refractivity contribution >= 4 is 27.1 Å². The van der Waals surface area contributed by atoms with Crippen molar-refractivity contribution < 1.29 is 23.1 Å². The minimum Gasteiger partial charge on any atom is -0.493 e. The van der Waals surface area contributed by atoms with Gasteiger partial charge < -0.3 is 19.3 Å². The van der Waals surface area contributed by atoms with Gasteiger partial charge in [0, 0.05) is 55.1 Å². The molecule has 1 aliphatic carbocycles. The number of ether oxygens (including phenoxy) is 1. The van der Waals surface area contributed by atoms with Crippen LogP contribution in [0.3, 0.4) is 0 Å². The summed E-state index contributed by atoms with van der Waals surface area (Å²) >= 11 is 0. The lowest BCUT2D eigenvalue weighted by Gasteiger charge is -2.33. The van der Waals surface area contributed by atoms with E-state index in [9.17, 15) is 18.3 Å². The van der Waals surface area contributed by atoms with Gasteiger partial charge in [-0.15, -0.1) is 0 Å². The van der Waals surface area contributed by atoms with Gasteiger partial charge in [0.15, 0.2) is 0 Å². The summed E-state index contributed by atoms with van der Waals surface area (Å²) in [4.78, 5) is 14.3. The first kappa shape index (κ1) is 28.2. The summed E-state index contributed by atoms with van der Waals surface area (Å²) in [5.74, 6) is 0.669. The highest BCUT2D eigenvalue weighted by Gasteiger charge is 2.31. The van der Waals surface area contributed by atoms with Crippen molar-refractivity contribution in [1.29, 1.82) is 0 Å². The zero-order chi connectivity index (χ0) is 28.6. The second-order valence-corrected chi connectivity index (χ2v) is 13.4. The van der Waals surface area contributed by atoms with Crippen LogP contribution in [0.2, 0.25) is 0 Å². The fourth-order valence-corrected chi connectivity index (χ4v) is 7.76. The maximum absolute atomic E-state index is 12.0. The average molecular weight is 581 g/mol. The van der Waals surface area contributed by atoms with E-state index in [1.54, 1.807) is 6.07 Å². The van der Waals surface area contributed by atoms with E-state index in [0.29, 0.717) is 44.3 Å². The summed E-state index contributed by atoms with van der Waals surface area (Å²) in [7, 11) is -3.63. The summed E-state index contributed by atoms with van der Waals surface area (Å²) in [6.07, 6.45) is 7.93. The van der Waals surface area contributed by atoms with Crippen LogP contribution in [0.15, 0.2) is 42.5 Å². The number of piperazine rings is 1. The summed E-state index contributed by atoms with van der Waals surface area (Å²) in [6.45, 7) is 4.46. The lowest BCUT2D eigenvalue weighted by atomic mass is 9.81. The number of hydrogen-bond donors (Lipinski definition) is 2. The SMILES string of the molecule is NS(=O)(=O)N1CCN(CCCC2COc3ccccc3-c3c(C4CCCCC4)c4ccc(C(=O)O)cc4n3C2)CC1. The number of carboxylic acids is 1. The van der Waals surface area contributed by atoms with Crippen molar-refractivity contribution in [2.24, 2.45) is 11.1 Å². The number of aromatic carboxylic acids is 1. The van der Waals surface area contributed by atoms with Crippen LogP contribution in [0.1, 0.15) is 66.8 Å². The second kappa shape index (κ2) is 11.8. The third-order valence-corrected chi connectivity index (χ3v) is 10.3. The number of carbonyl (C=O) groups is 1. The van der Waals surface area contributed by atoms with E-state index in [4.69, 9.17) is 9.88 Å². The highest BCUT2D eigenvalue weighted by molar-refractivity contribution is 7.86. The Morgan fingerprint density at radius 2 is 1.78 bits per heavy atom. The second-order valence-electron chi connectivity index (χ2n) is 11.8. The van der Waals surface area contributed by atoms with Gasteiger partial charge in [-0.25, -0.2) is 9.93 Å². The summed E-state index contributed by atoms with van der Waals surface area (Å²) in [5, 5.41) is 16.3. The first-order valence-corrected chi connectivity index (χ1v) is 16.4. The van der Waals surface area contributed by atoms with Gasteiger partial charge in [-0.05, 0) is 68.0 Å². The van der Waals surface area contributed by atoms with Gasteiger partial charge in [-0.2, -0.15) is 12.7 Å². The standard InChI is InChI=1S/C31H40N4O5S/c32-41(38,39)34-17-15-33(16-18-34)14-6-7-22-20-35-27-19-24(31(36)37)12-13-25(27)29(23-8-2-1-3-9-23)30(35)26-10-4-5-11-28(26)40-21-22/h4-5,10-13,19,22-23H,1-3,6-9,14-18,20-21H2,(H,36,37)(H2,32,38,39). The molecule has 1 aromatic heterocycles. The van der Waals surface area contributed by atoms with Crippen molar-refractivity contribution in [3.63, 3.8) is 0 Å². The van der Waals surface area contributed by atoms with Crippen molar-refractivity contribution in [3.05, 3.63) is 53.6 Å². The van der Waals surface area contributed by atoms with Gasteiger partial charge in [0.2, 0.25) is 0 Å². The van der Waals surface area contributed by atoms with Gasteiger partial charge in [-0.3, -0.25) is 0 Å². The number of rotatable bonds is 7. The Labute approximate surface area is 242 Å². The van der Waals surface area contributed by atoms with Gasteiger partial charge in [-0.1, -0.05) is 37.5 Å². The fraction of sp³-hybridized carbons (Fsp3) is 0.516. The first-order valence-electron chi connectivity index (χ1n) is 14.9. The Morgan fingerprint density at radius 3 is 2.51 bits per heavy atom. The van der Waals surface area contributed by atoms with E-state index in [2.05, 4.69) is 27.7 Å². The molecule has 1 unspecified atom stereocenters. The molecule has 0 spiro atoms. The van der Waals surface area contributed by atoms with Crippen LogP contribution in [-0.2, 0) is 16.8 Å². The molecule has 10 heteroatoms. The zero-order valence-electron chi connectivity index (χ0n) is 23.5. The third-order valence-electron chi connectivity index (χ3n) is 9.20. The van der Waals surface area contributed by atoms with Crippen LogP contribution in [0, 0.1) is 5.92 Å². The quantitative estimate of drug-likeness (QED) is 0.420. The molecule has 3 aromatic rings. The molecule has 6 rings (SSSR count). The molecule has 1 atom stereocenters. The van der Waals surface area contributed by atoms with E-state index >= 15 is 0 Å². The number of carboxylic acid groups (broad SMARTS) is 1. The Kier molecular flexibility index (Phi) is 8.09. The Hall–Kier alpha value is -2.92.